The lowest BCUT2D eigenvalue weighted by Crippen LogP contribution is -2.45. The Morgan fingerprint density at radius 1 is 0.346 bits per heavy atom. The molecule has 0 aromatic carbocycles. The fraction of sp³-hybridized carbons (Fsp3) is 0.944. The third kappa shape index (κ3) is 63.8. The van der Waals surface area contributed by atoms with Crippen LogP contribution in [0.25, 0.3) is 0 Å². The number of aliphatic hydroxyl groups is 2. The first-order valence-corrected chi connectivity index (χ1v) is 35.9. The van der Waals surface area contributed by atoms with E-state index in [2.05, 4.69) is 31.3 Å². The molecule has 0 saturated heterocycles. The molecular weight excluding hydrogens is 959 g/mol. The summed E-state index contributed by atoms with van der Waals surface area (Å²) in [6, 6.07) is -0.540. The molecule has 0 radical (unpaired) electrons. The average Bonchev–Trinajstić information content (AvgIpc) is 3.44. The van der Waals surface area contributed by atoms with Crippen molar-refractivity contribution in [1.29, 1.82) is 0 Å². The summed E-state index contributed by atoms with van der Waals surface area (Å²) in [6.07, 6.45) is 84.0. The van der Waals surface area contributed by atoms with Crippen molar-refractivity contribution in [3.8, 4) is 0 Å². The van der Waals surface area contributed by atoms with Gasteiger partial charge < -0.3 is 20.3 Å². The molecule has 464 valence electrons. The second kappa shape index (κ2) is 68.1. The van der Waals surface area contributed by atoms with Crippen molar-refractivity contribution < 1.29 is 24.5 Å². The lowest BCUT2D eigenvalue weighted by atomic mass is 10.0. The molecule has 0 heterocycles. The number of carbonyl (C=O) groups is 2. The SMILES string of the molecule is CCCCCCCC/C=C\CCCCCCCCCCCC(=O)OCCCCCCCCCCCCCCCCCCCCCCCCCCC(=O)NC(CO)C(O)CCCCCCCCCCCCCCCCCCCC. The van der Waals surface area contributed by atoms with E-state index in [1.807, 2.05) is 0 Å². The van der Waals surface area contributed by atoms with Gasteiger partial charge in [-0.3, -0.25) is 9.59 Å². The summed E-state index contributed by atoms with van der Waals surface area (Å²) in [7, 11) is 0. The zero-order chi connectivity index (χ0) is 56.4. The standard InChI is InChI=1S/C72H141NO5/c1-3-5-7-9-11-13-15-17-19-21-29-34-38-42-46-50-54-58-62-66-72(77)78-67-63-59-55-51-47-43-39-35-31-28-26-24-23-25-27-30-33-37-41-45-49-53-57-61-65-71(76)73-69(68-74)70(75)64-60-56-52-48-44-40-36-32-22-20-18-16-14-12-10-8-6-4-2/h17,19,69-70,74-75H,3-16,18,20-68H2,1-2H3,(H,73,76)/b19-17-. The molecule has 0 aromatic heterocycles. The second-order valence-electron chi connectivity index (χ2n) is 24.9. The fourth-order valence-electron chi connectivity index (χ4n) is 11.6. The molecule has 0 fully saturated rings. The van der Waals surface area contributed by atoms with Gasteiger partial charge in [0.1, 0.15) is 0 Å². The molecule has 3 N–H and O–H groups in total. The van der Waals surface area contributed by atoms with E-state index in [-0.39, 0.29) is 18.5 Å². The molecule has 1 amide bonds. The number of amides is 1. The van der Waals surface area contributed by atoms with Crippen molar-refractivity contribution in [3.63, 3.8) is 0 Å². The number of unbranched alkanes of at least 4 members (excludes halogenated alkanes) is 55. The molecule has 0 aliphatic heterocycles. The van der Waals surface area contributed by atoms with Crippen LogP contribution in [0.3, 0.4) is 0 Å². The normalized spacial score (nSPS) is 12.5. The van der Waals surface area contributed by atoms with Crippen molar-refractivity contribution in [3.05, 3.63) is 12.2 Å². The van der Waals surface area contributed by atoms with Gasteiger partial charge in [-0.1, -0.05) is 360 Å². The summed E-state index contributed by atoms with van der Waals surface area (Å²) >= 11 is 0. The Hall–Kier alpha value is -1.40. The minimum Gasteiger partial charge on any atom is -0.466 e. The van der Waals surface area contributed by atoms with Crippen LogP contribution < -0.4 is 5.32 Å². The largest absolute Gasteiger partial charge is 0.466 e. The molecule has 0 saturated carbocycles. The monoisotopic (exact) mass is 1100 g/mol. The molecule has 6 heteroatoms. The van der Waals surface area contributed by atoms with E-state index in [9.17, 15) is 19.8 Å². The maximum atomic E-state index is 12.5. The van der Waals surface area contributed by atoms with Gasteiger partial charge in [-0.15, -0.1) is 0 Å². The van der Waals surface area contributed by atoms with Gasteiger partial charge in [0.2, 0.25) is 5.91 Å². The van der Waals surface area contributed by atoms with Crippen LogP contribution >= 0.6 is 0 Å². The first-order chi connectivity index (χ1) is 38.5. The van der Waals surface area contributed by atoms with Gasteiger partial charge in [0.15, 0.2) is 0 Å². The van der Waals surface area contributed by atoms with Gasteiger partial charge in [0, 0.05) is 12.8 Å². The number of nitrogens with one attached hydrogen (secondary N) is 1. The van der Waals surface area contributed by atoms with Gasteiger partial charge in [-0.05, 0) is 51.4 Å². The van der Waals surface area contributed by atoms with Crippen molar-refractivity contribution in [2.75, 3.05) is 13.2 Å². The Labute approximate surface area is 489 Å². The van der Waals surface area contributed by atoms with Crippen molar-refractivity contribution in [1.82, 2.24) is 5.32 Å². The maximum absolute atomic E-state index is 12.5. The third-order valence-corrected chi connectivity index (χ3v) is 17.1. The quantitative estimate of drug-likeness (QED) is 0.0320. The van der Waals surface area contributed by atoms with Crippen LogP contribution in [0.5, 0.6) is 0 Å². The molecular formula is C72H141NO5. The molecule has 2 unspecified atom stereocenters. The summed E-state index contributed by atoms with van der Waals surface area (Å²) in [5, 5.41) is 23.4. The second-order valence-corrected chi connectivity index (χ2v) is 24.9. The molecule has 6 nitrogen and oxygen atoms in total. The fourth-order valence-corrected chi connectivity index (χ4v) is 11.6. The van der Waals surface area contributed by atoms with Crippen LogP contribution in [0, 0.1) is 0 Å². The molecule has 0 aliphatic rings. The van der Waals surface area contributed by atoms with Crippen molar-refractivity contribution >= 4 is 11.9 Å². The van der Waals surface area contributed by atoms with E-state index in [4.69, 9.17) is 4.74 Å². The molecule has 0 rings (SSSR count). The van der Waals surface area contributed by atoms with Gasteiger partial charge >= 0.3 is 5.97 Å². The Balaban J connectivity index is 3.34. The van der Waals surface area contributed by atoms with Gasteiger partial charge in [-0.2, -0.15) is 0 Å². The van der Waals surface area contributed by atoms with Crippen LogP contribution in [-0.2, 0) is 14.3 Å². The van der Waals surface area contributed by atoms with Gasteiger partial charge in [-0.25, -0.2) is 0 Å². The number of allylic oxidation sites excluding steroid dienone is 2. The van der Waals surface area contributed by atoms with Crippen LogP contribution in [0.2, 0.25) is 0 Å². The Morgan fingerprint density at radius 3 is 0.910 bits per heavy atom. The topological polar surface area (TPSA) is 95.9 Å². The molecule has 0 spiro atoms. The average molecular weight is 1100 g/mol. The van der Waals surface area contributed by atoms with E-state index in [1.54, 1.807) is 0 Å². The molecule has 0 aliphatic carbocycles. The number of esters is 1. The molecule has 78 heavy (non-hydrogen) atoms. The predicted octanol–water partition coefficient (Wildman–Crippen LogP) is 23.1. The summed E-state index contributed by atoms with van der Waals surface area (Å²) in [5.74, 6) is -0.0131. The highest BCUT2D eigenvalue weighted by molar-refractivity contribution is 5.76. The smallest absolute Gasteiger partial charge is 0.305 e. The molecule has 2 atom stereocenters. The van der Waals surface area contributed by atoms with Crippen LogP contribution in [0.15, 0.2) is 12.2 Å². The lowest BCUT2D eigenvalue weighted by molar-refractivity contribution is -0.143. The van der Waals surface area contributed by atoms with Crippen LogP contribution in [0.4, 0.5) is 0 Å². The number of hydrogen-bond donors (Lipinski definition) is 3. The number of hydrogen-bond acceptors (Lipinski definition) is 5. The number of carbonyl (C=O) groups excluding carboxylic acids is 2. The Bertz CT molecular complexity index is 1180. The minimum absolute atomic E-state index is 0.0163. The van der Waals surface area contributed by atoms with Crippen LogP contribution in [-0.4, -0.2) is 47.4 Å². The van der Waals surface area contributed by atoms with E-state index < -0.39 is 12.1 Å². The van der Waals surface area contributed by atoms with E-state index in [0.29, 0.717) is 25.9 Å². The predicted molar refractivity (Wildman–Crippen MR) is 343 cm³/mol. The van der Waals surface area contributed by atoms with E-state index >= 15 is 0 Å². The first kappa shape index (κ1) is 76.6. The molecule has 0 aromatic rings. The summed E-state index contributed by atoms with van der Waals surface area (Å²) < 4.78 is 5.51. The Kier molecular flexibility index (Phi) is 66.9. The number of ether oxygens (including phenoxy) is 1. The highest BCUT2D eigenvalue weighted by Gasteiger charge is 2.20. The third-order valence-electron chi connectivity index (χ3n) is 17.1. The Morgan fingerprint density at radius 2 is 0.603 bits per heavy atom. The lowest BCUT2D eigenvalue weighted by Gasteiger charge is -2.22. The highest BCUT2D eigenvalue weighted by atomic mass is 16.5. The minimum atomic E-state index is -0.663. The van der Waals surface area contributed by atoms with Crippen molar-refractivity contribution in [2.45, 2.75) is 424 Å². The highest BCUT2D eigenvalue weighted by Crippen LogP contribution is 2.19. The molecule has 0 bridgehead atoms. The van der Waals surface area contributed by atoms with Crippen LogP contribution in [0.1, 0.15) is 412 Å². The first-order valence-electron chi connectivity index (χ1n) is 35.9. The van der Waals surface area contributed by atoms with Gasteiger partial charge in [0.05, 0.1) is 25.4 Å². The van der Waals surface area contributed by atoms with E-state index in [1.165, 1.54) is 340 Å². The number of rotatable bonds is 68. The summed E-state index contributed by atoms with van der Waals surface area (Å²) in [5.41, 5.74) is 0. The zero-order valence-electron chi connectivity index (χ0n) is 53.2. The number of aliphatic hydroxyl groups excluding tert-OH is 2. The zero-order valence-corrected chi connectivity index (χ0v) is 53.2. The summed E-state index contributed by atoms with van der Waals surface area (Å²) in [6.45, 7) is 4.99. The van der Waals surface area contributed by atoms with E-state index in [0.717, 1.165) is 38.5 Å². The summed E-state index contributed by atoms with van der Waals surface area (Å²) in [4.78, 5) is 24.7. The maximum Gasteiger partial charge on any atom is 0.305 e. The van der Waals surface area contributed by atoms with Gasteiger partial charge in [0.25, 0.3) is 0 Å². The van der Waals surface area contributed by atoms with Crippen molar-refractivity contribution in [2.24, 2.45) is 0 Å².